The van der Waals surface area contributed by atoms with Gasteiger partial charge in [0, 0.05) is 4.88 Å². The summed E-state index contributed by atoms with van der Waals surface area (Å²) in [5.74, 6) is -0.665. The molecule has 3 rings (SSSR count). The lowest BCUT2D eigenvalue weighted by atomic mass is 10.1. The van der Waals surface area contributed by atoms with Crippen molar-refractivity contribution in [2.75, 3.05) is 6.61 Å². The van der Waals surface area contributed by atoms with Gasteiger partial charge in [-0.15, -0.1) is 11.3 Å². The fourth-order valence-electron chi connectivity index (χ4n) is 2.33. The SMILES string of the molecule is CCOc1ccc(S(=O)(=O)N[C@H](c2ccsc2)c2cccs2)cc1F. The van der Waals surface area contributed by atoms with Gasteiger partial charge in [0.1, 0.15) is 0 Å². The molecule has 1 aromatic carbocycles. The highest BCUT2D eigenvalue weighted by molar-refractivity contribution is 7.89. The predicted molar refractivity (Wildman–Crippen MR) is 98.4 cm³/mol. The van der Waals surface area contributed by atoms with Gasteiger partial charge in [0.25, 0.3) is 0 Å². The highest BCUT2D eigenvalue weighted by Crippen LogP contribution is 2.30. The van der Waals surface area contributed by atoms with Crippen molar-refractivity contribution in [3.8, 4) is 5.75 Å². The van der Waals surface area contributed by atoms with Crippen LogP contribution in [-0.2, 0) is 10.0 Å². The second-order valence-electron chi connectivity index (χ2n) is 5.15. The van der Waals surface area contributed by atoms with Crippen molar-refractivity contribution in [3.05, 3.63) is 68.8 Å². The fourth-order valence-corrected chi connectivity index (χ4v) is 5.11. The zero-order valence-electron chi connectivity index (χ0n) is 13.3. The summed E-state index contributed by atoms with van der Waals surface area (Å²) < 4.78 is 47.3. The summed E-state index contributed by atoms with van der Waals surface area (Å²) in [5.41, 5.74) is 0.849. The van der Waals surface area contributed by atoms with E-state index >= 15 is 0 Å². The van der Waals surface area contributed by atoms with Gasteiger partial charge in [-0.1, -0.05) is 6.07 Å². The van der Waals surface area contributed by atoms with Gasteiger partial charge in [-0.2, -0.15) is 16.1 Å². The Morgan fingerprint density at radius 2 is 2.08 bits per heavy atom. The van der Waals surface area contributed by atoms with E-state index in [-0.39, 0.29) is 10.6 Å². The van der Waals surface area contributed by atoms with E-state index in [9.17, 15) is 12.8 Å². The molecule has 0 aliphatic rings. The summed E-state index contributed by atoms with van der Waals surface area (Å²) in [4.78, 5) is 0.735. The summed E-state index contributed by atoms with van der Waals surface area (Å²) in [7, 11) is -3.90. The minimum atomic E-state index is -3.90. The average Bonchev–Trinajstić information content (AvgIpc) is 3.28. The van der Waals surface area contributed by atoms with Crippen molar-refractivity contribution in [2.24, 2.45) is 0 Å². The summed E-state index contributed by atoms with van der Waals surface area (Å²) in [5, 5.41) is 5.67. The Morgan fingerprint density at radius 1 is 1.24 bits per heavy atom. The molecule has 0 amide bonds. The zero-order valence-corrected chi connectivity index (χ0v) is 15.8. The van der Waals surface area contributed by atoms with Crippen molar-refractivity contribution in [2.45, 2.75) is 17.9 Å². The molecule has 0 spiro atoms. The highest BCUT2D eigenvalue weighted by Gasteiger charge is 2.25. The molecule has 3 aromatic rings. The van der Waals surface area contributed by atoms with Crippen LogP contribution in [0.3, 0.4) is 0 Å². The number of benzene rings is 1. The van der Waals surface area contributed by atoms with Crippen LogP contribution in [-0.4, -0.2) is 15.0 Å². The van der Waals surface area contributed by atoms with Gasteiger partial charge >= 0.3 is 0 Å². The highest BCUT2D eigenvalue weighted by atomic mass is 32.2. The molecule has 0 saturated carbocycles. The number of thiophene rings is 2. The first kappa shape index (κ1) is 18.1. The van der Waals surface area contributed by atoms with Crippen molar-refractivity contribution < 1.29 is 17.5 Å². The van der Waals surface area contributed by atoms with Crippen molar-refractivity contribution in [1.82, 2.24) is 4.72 Å². The molecule has 2 heterocycles. The molecule has 0 fully saturated rings. The Balaban J connectivity index is 1.92. The Hall–Kier alpha value is -1.74. The van der Waals surface area contributed by atoms with Crippen LogP contribution in [0.5, 0.6) is 5.75 Å². The summed E-state index contributed by atoms with van der Waals surface area (Å²) in [6, 6.07) is 8.75. The van der Waals surface area contributed by atoms with E-state index in [1.165, 1.54) is 34.8 Å². The number of nitrogens with one attached hydrogen (secondary N) is 1. The van der Waals surface area contributed by atoms with Crippen LogP contribution < -0.4 is 9.46 Å². The summed E-state index contributed by atoms with van der Waals surface area (Å²) in [6.07, 6.45) is 0. The Kier molecular flexibility index (Phi) is 5.53. The molecule has 0 radical (unpaired) electrons. The number of halogens is 1. The molecule has 0 aliphatic carbocycles. The third-order valence-electron chi connectivity index (χ3n) is 3.49. The number of sulfonamides is 1. The maximum absolute atomic E-state index is 14.0. The zero-order chi connectivity index (χ0) is 17.9. The molecule has 4 nitrogen and oxygen atoms in total. The van der Waals surface area contributed by atoms with Crippen molar-refractivity contribution in [3.63, 3.8) is 0 Å². The first-order chi connectivity index (χ1) is 12.0. The van der Waals surface area contributed by atoms with Gasteiger partial charge < -0.3 is 4.74 Å². The van der Waals surface area contributed by atoms with E-state index in [1.807, 2.05) is 34.3 Å². The summed E-state index contributed by atoms with van der Waals surface area (Å²) >= 11 is 2.95. The van der Waals surface area contributed by atoms with Crippen LogP contribution >= 0.6 is 22.7 Å². The topological polar surface area (TPSA) is 55.4 Å². The van der Waals surface area contributed by atoms with E-state index in [0.717, 1.165) is 16.5 Å². The van der Waals surface area contributed by atoms with Crippen LogP contribution in [0.15, 0.2) is 57.4 Å². The molecule has 1 atom stereocenters. The molecular formula is C17H16FNO3S3. The van der Waals surface area contributed by atoms with Gasteiger partial charge in [-0.05, 0) is 59.0 Å². The third-order valence-corrected chi connectivity index (χ3v) is 6.55. The minimum Gasteiger partial charge on any atom is -0.491 e. The lowest BCUT2D eigenvalue weighted by molar-refractivity contribution is 0.321. The molecule has 2 aromatic heterocycles. The quantitative estimate of drug-likeness (QED) is 0.642. The van der Waals surface area contributed by atoms with E-state index < -0.39 is 21.9 Å². The van der Waals surface area contributed by atoms with Gasteiger partial charge in [0.2, 0.25) is 10.0 Å². The van der Waals surface area contributed by atoms with Gasteiger partial charge in [0.05, 0.1) is 17.5 Å². The normalized spacial score (nSPS) is 12.9. The number of hydrogen-bond acceptors (Lipinski definition) is 5. The third kappa shape index (κ3) is 4.09. The van der Waals surface area contributed by atoms with Gasteiger partial charge in [0.15, 0.2) is 11.6 Å². The average molecular weight is 398 g/mol. The second-order valence-corrected chi connectivity index (χ2v) is 8.62. The maximum atomic E-state index is 14.0. The molecule has 0 aliphatic heterocycles. The lowest BCUT2D eigenvalue weighted by Crippen LogP contribution is -2.28. The molecule has 8 heteroatoms. The number of rotatable bonds is 7. The van der Waals surface area contributed by atoms with Gasteiger partial charge in [-0.25, -0.2) is 12.8 Å². The van der Waals surface area contributed by atoms with Gasteiger partial charge in [-0.3, -0.25) is 0 Å². The molecule has 132 valence electrons. The standard InChI is InChI=1S/C17H16FNO3S3/c1-2-22-15-6-5-13(10-14(15)18)25(20,21)19-17(12-7-9-23-11-12)16-4-3-8-24-16/h3-11,17,19H,2H2,1H3/t17-/m1/s1. The smallest absolute Gasteiger partial charge is 0.241 e. The Bertz CT molecular complexity index is 888. The second kappa shape index (κ2) is 7.65. The van der Waals surface area contributed by atoms with Crippen molar-refractivity contribution >= 4 is 32.7 Å². The van der Waals surface area contributed by atoms with E-state index in [0.29, 0.717) is 6.61 Å². The van der Waals surface area contributed by atoms with Crippen LogP contribution in [0.1, 0.15) is 23.4 Å². The van der Waals surface area contributed by atoms with E-state index in [2.05, 4.69) is 4.72 Å². The fraction of sp³-hybridized carbons (Fsp3) is 0.176. The number of hydrogen-bond donors (Lipinski definition) is 1. The predicted octanol–water partition coefficient (Wildman–Crippen LogP) is 4.42. The monoisotopic (exact) mass is 397 g/mol. The van der Waals surface area contributed by atoms with Crippen LogP contribution in [0.25, 0.3) is 0 Å². The first-order valence-corrected chi connectivity index (χ1v) is 10.8. The Labute approximate surface area is 154 Å². The maximum Gasteiger partial charge on any atom is 0.241 e. The minimum absolute atomic E-state index is 0.0362. The molecule has 0 unspecified atom stereocenters. The molecule has 0 saturated heterocycles. The molecule has 1 N–H and O–H groups in total. The van der Waals surface area contributed by atoms with Crippen LogP contribution in [0, 0.1) is 5.82 Å². The number of ether oxygens (including phenoxy) is 1. The lowest BCUT2D eigenvalue weighted by Gasteiger charge is -2.17. The molecule has 25 heavy (non-hydrogen) atoms. The largest absolute Gasteiger partial charge is 0.491 e. The van der Waals surface area contributed by atoms with E-state index in [1.54, 1.807) is 6.92 Å². The summed E-state index contributed by atoms with van der Waals surface area (Å²) in [6.45, 7) is 2.04. The molecular weight excluding hydrogens is 381 g/mol. The first-order valence-electron chi connectivity index (χ1n) is 7.51. The molecule has 0 bridgehead atoms. The van der Waals surface area contributed by atoms with E-state index in [4.69, 9.17) is 4.74 Å². The Morgan fingerprint density at radius 3 is 2.68 bits per heavy atom. The van der Waals surface area contributed by atoms with Crippen LogP contribution in [0.2, 0.25) is 0 Å². The van der Waals surface area contributed by atoms with Crippen molar-refractivity contribution in [1.29, 1.82) is 0 Å². The van der Waals surface area contributed by atoms with Crippen LogP contribution in [0.4, 0.5) is 4.39 Å².